The van der Waals surface area contributed by atoms with Crippen LogP contribution in [0.4, 0.5) is 0 Å². The van der Waals surface area contributed by atoms with E-state index in [0.717, 1.165) is 31.8 Å². The number of hydrogen-bond acceptors (Lipinski definition) is 1. The molecule has 0 aromatic rings. The molecule has 13 heavy (non-hydrogen) atoms. The minimum Gasteiger partial charge on any atom is -0.342 e. The van der Waals surface area contributed by atoms with Gasteiger partial charge in [0.1, 0.15) is 0 Å². The monoisotopic (exact) mass is 247 g/mol. The number of nitrogens with zero attached hydrogens (tertiary/aromatic N) is 1. The lowest BCUT2D eigenvalue weighted by Gasteiger charge is -2.21. The van der Waals surface area contributed by atoms with E-state index in [-0.39, 0.29) is 10.7 Å². The third-order valence-corrected chi connectivity index (χ3v) is 3.06. The number of hydrogen-bond donors (Lipinski definition) is 0. The van der Waals surface area contributed by atoms with Crippen molar-refractivity contribution in [1.82, 2.24) is 4.90 Å². The van der Waals surface area contributed by atoms with E-state index in [1.165, 1.54) is 6.42 Å². The second-order valence-electron chi connectivity index (χ2n) is 3.98. The Kier molecular flexibility index (Phi) is 4.23. The molecule has 0 bridgehead atoms. The maximum atomic E-state index is 11.6. The highest BCUT2D eigenvalue weighted by Gasteiger charge is 2.20. The minimum atomic E-state index is -0.0269. The molecule has 1 aliphatic rings. The van der Waals surface area contributed by atoms with Crippen LogP contribution >= 0.6 is 15.9 Å². The van der Waals surface area contributed by atoms with Gasteiger partial charge in [0.05, 0.1) is 4.83 Å². The predicted molar refractivity (Wildman–Crippen MR) is 58.0 cm³/mol. The predicted octanol–water partition coefficient (Wildman–Crippen LogP) is 2.42. The van der Waals surface area contributed by atoms with Crippen molar-refractivity contribution in [3.63, 3.8) is 0 Å². The maximum absolute atomic E-state index is 11.6. The van der Waals surface area contributed by atoms with Crippen molar-refractivity contribution in [2.45, 2.75) is 37.9 Å². The summed E-state index contributed by atoms with van der Waals surface area (Å²) in [4.78, 5) is 13.6. The van der Waals surface area contributed by atoms with Crippen molar-refractivity contribution < 1.29 is 4.79 Å². The normalized spacial score (nSPS) is 26.7. The average molecular weight is 248 g/mol. The summed E-state index contributed by atoms with van der Waals surface area (Å²) in [7, 11) is 0. The molecule has 0 N–H and O–H groups in total. The second-order valence-corrected chi connectivity index (χ2v) is 5.35. The molecule has 0 aromatic heterocycles. The van der Waals surface area contributed by atoms with Gasteiger partial charge in [-0.05, 0) is 32.1 Å². The number of carbonyl (C=O) groups excluding carboxylic acids is 1. The van der Waals surface area contributed by atoms with Crippen LogP contribution in [0.25, 0.3) is 0 Å². The van der Waals surface area contributed by atoms with Gasteiger partial charge in [0.2, 0.25) is 5.91 Å². The van der Waals surface area contributed by atoms with Crippen LogP contribution in [0.3, 0.4) is 0 Å². The van der Waals surface area contributed by atoms with Crippen LogP contribution in [0.5, 0.6) is 0 Å². The molecule has 0 radical (unpaired) electrons. The lowest BCUT2D eigenvalue weighted by molar-refractivity contribution is -0.130. The number of rotatable bonds is 1. The molecule has 2 atom stereocenters. The first kappa shape index (κ1) is 11.0. The molecule has 2 nitrogen and oxygen atoms in total. The van der Waals surface area contributed by atoms with Crippen molar-refractivity contribution in [1.29, 1.82) is 0 Å². The van der Waals surface area contributed by atoms with E-state index in [4.69, 9.17) is 0 Å². The van der Waals surface area contributed by atoms with Crippen LogP contribution in [-0.4, -0.2) is 28.7 Å². The fourth-order valence-electron chi connectivity index (χ4n) is 1.73. The summed E-state index contributed by atoms with van der Waals surface area (Å²) in [5.41, 5.74) is 0. The summed E-state index contributed by atoms with van der Waals surface area (Å²) in [6, 6.07) is 0. The fraction of sp³-hybridized carbons (Fsp3) is 0.900. The standard InChI is InChI=1S/C10H18BrNO/c1-8-4-3-6-12(7-5-8)10(13)9(2)11/h8-9H,3-7H2,1-2H3. The fourth-order valence-corrected chi connectivity index (χ4v) is 2.02. The summed E-state index contributed by atoms with van der Waals surface area (Å²) in [6.07, 6.45) is 3.58. The zero-order valence-corrected chi connectivity index (χ0v) is 10.0. The highest BCUT2D eigenvalue weighted by Crippen LogP contribution is 2.17. The highest BCUT2D eigenvalue weighted by atomic mass is 79.9. The molecule has 1 heterocycles. The van der Waals surface area contributed by atoms with E-state index in [0.29, 0.717) is 0 Å². The molecule has 1 aliphatic heterocycles. The average Bonchev–Trinajstić information content (AvgIpc) is 2.28. The zero-order valence-electron chi connectivity index (χ0n) is 8.42. The van der Waals surface area contributed by atoms with Crippen molar-refractivity contribution in [2.24, 2.45) is 5.92 Å². The van der Waals surface area contributed by atoms with Gasteiger partial charge in [-0.3, -0.25) is 4.79 Å². The second kappa shape index (κ2) is 4.99. The van der Waals surface area contributed by atoms with E-state index >= 15 is 0 Å². The van der Waals surface area contributed by atoms with Crippen molar-refractivity contribution in [3.05, 3.63) is 0 Å². The van der Waals surface area contributed by atoms with Crippen LogP contribution in [0.15, 0.2) is 0 Å². The SMILES string of the molecule is CC1CCCN(C(=O)C(C)Br)CC1. The molecule has 1 amide bonds. The number of amides is 1. The van der Waals surface area contributed by atoms with Gasteiger partial charge in [0.25, 0.3) is 0 Å². The van der Waals surface area contributed by atoms with Gasteiger partial charge >= 0.3 is 0 Å². The van der Waals surface area contributed by atoms with Crippen LogP contribution in [0.1, 0.15) is 33.1 Å². The number of alkyl halides is 1. The topological polar surface area (TPSA) is 20.3 Å². The molecule has 2 unspecified atom stereocenters. The molecular weight excluding hydrogens is 230 g/mol. The summed E-state index contributed by atoms with van der Waals surface area (Å²) >= 11 is 3.32. The van der Waals surface area contributed by atoms with Gasteiger partial charge in [0.15, 0.2) is 0 Å². The lowest BCUT2D eigenvalue weighted by atomic mass is 10.0. The van der Waals surface area contributed by atoms with Gasteiger partial charge in [-0.2, -0.15) is 0 Å². The minimum absolute atomic E-state index is 0.0269. The van der Waals surface area contributed by atoms with Gasteiger partial charge in [-0.25, -0.2) is 0 Å². The number of carbonyl (C=O) groups is 1. The van der Waals surface area contributed by atoms with Crippen LogP contribution in [0, 0.1) is 5.92 Å². The van der Waals surface area contributed by atoms with Crippen molar-refractivity contribution >= 4 is 21.8 Å². The quantitative estimate of drug-likeness (QED) is 0.652. The molecule has 1 saturated heterocycles. The Morgan fingerprint density at radius 3 is 2.77 bits per heavy atom. The molecule has 1 rings (SSSR count). The first-order valence-electron chi connectivity index (χ1n) is 5.04. The van der Waals surface area contributed by atoms with E-state index in [1.54, 1.807) is 0 Å². The van der Waals surface area contributed by atoms with Gasteiger partial charge in [0, 0.05) is 13.1 Å². The largest absolute Gasteiger partial charge is 0.342 e. The summed E-state index contributed by atoms with van der Waals surface area (Å²) in [5, 5.41) is 0. The van der Waals surface area contributed by atoms with Gasteiger partial charge in [-0.15, -0.1) is 0 Å². The first-order valence-corrected chi connectivity index (χ1v) is 5.95. The van der Waals surface area contributed by atoms with Crippen LogP contribution in [0.2, 0.25) is 0 Å². The molecule has 76 valence electrons. The van der Waals surface area contributed by atoms with E-state index in [1.807, 2.05) is 11.8 Å². The molecule has 1 fully saturated rings. The Morgan fingerprint density at radius 2 is 2.15 bits per heavy atom. The molecule has 0 aromatic carbocycles. The Morgan fingerprint density at radius 1 is 1.46 bits per heavy atom. The summed E-state index contributed by atoms with van der Waals surface area (Å²) in [5.74, 6) is 1.03. The Bertz CT molecular complexity index is 182. The van der Waals surface area contributed by atoms with Gasteiger partial charge in [-0.1, -0.05) is 22.9 Å². The van der Waals surface area contributed by atoms with E-state index in [9.17, 15) is 4.79 Å². The molecule has 0 aliphatic carbocycles. The molecule has 3 heteroatoms. The third-order valence-electron chi connectivity index (χ3n) is 2.67. The molecular formula is C10H18BrNO. The Hall–Kier alpha value is -0.0500. The number of likely N-dealkylation sites (tertiary alicyclic amines) is 1. The zero-order chi connectivity index (χ0) is 9.84. The van der Waals surface area contributed by atoms with Crippen LogP contribution < -0.4 is 0 Å². The van der Waals surface area contributed by atoms with E-state index in [2.05, 4.69) is 22.9 Å². The third kappa shape index (κ3) is 3.29. The first-order chi connectivity index (χ1) is 6.11. The summed E-state index contributed by atoms with van der Waals surface area (Å²) in [6.45, 7) is 6.05. The van der Waals surface area contributed by atoms with Crippen LogP contribution in [-0.2, 0) is 4.79 Å². The smallest absolute Gasteiger partial charge is 0.236 e. The van der Waals surface area contributed by atoms with Crippen molar-refractivity contribution in [2.75, 3.05) is 13.1 Å². The molecule has 0 saturated carbocycles. The lowest BCUT2D eigenvalue weighted by Crippen LogP contribution is -2.36. The summed E-state index contributed by atoms with van der Waals surface area (Å²) < 4.78 is 0. The Balaban J connectivity index is 2.46. The maximum Gasteiger partial charge on any atom is 0.236 e. The van der Waals surface area contributed by atoms with Crippen molar-refractivity contribution in [3.8, 4) is 0 Å². The molecule has 0 spiro atoms. The Labute approximate surface area is 88.8 Å². The van der Waals surface area contributed by atoms with Gasteiger partial charge < -0.3 is 4.90 Å². The highest BCUT2D eigenvalue weighted by molar-refractivity contribution is 9.10. The number of halogens is 1. The van der Waals surface area contributed by atoms with E-state index < -0.39 is 0 Å².